The molecule has 0 bridgehead atoms. The van der Waals surface area contributed by atoms with Crippen LogP contribution in [0.15, 0.2) is 188 Å². The number of anilines is 6. The topological polar surface area (TPSA) is 64.2 Å². The number of hydrogen-bond donors (Lipinski definition) is 0. The summed E-state index contributed by atoms with van der Waals surface area (Å²) in [6, 6.07) is 61.2. The lowest BCUT2D eigenvalue weighted by molar-refractivity contribution is 0.512. The number of para-hydroxylation sites is 4. The zero-order chi connectivity index (χ0) is 39.7. The molecule has 7 nitrogen and oxygen atoms in total. The maximum Gasteiger partial charge on any atom is 0.279 e. The number of nitrogens with zero attached hydrogens (tertiary/aromatic N) is 7. The summed E-state index contributed by atoms with van der Waals surface area (Å²) < 4.78 is 39.7. The van der Waals surface area contributed by atoms with Crippen molar-refractivity contribution >= 4 is 67.9 Å². The van der Waals surface area contributed by atoms with E-state index in [1.54, 1.807) is 0 Å². The third kappa shape index (κ3) is 6.75. The van der Waals surface area contributed by atoms with Gasteiger partial charge in [0.05, 0.1) is 6.54 Å². The maximum atomic E-state index is 15.0. The van der Waals surface area contributed by atoms with Crippen molar-refractivity contribution in [3.63, 3.8) is 0 Å². The van der Waals surface area contributed by atoms with Crippen molar-refractivity contribution in [3.8, 4) is 22.3 Å². The van der Waals surface area contributed by atoms with E-state index in [1.807, 2.05) is 97.1 Å². The third-order valence-corrected chi connectivity index (χ3v) is 10.9. The Balaban J connectivity index is 1.13. The minimum absolute atomic E-state index is 0.120. The second-order valence-electron chi connectivity index (χ2n) is 13.9. The molecule has 284 valence electrons. The van der Waals surface area contributed by atoms with Gasteiger partial charge in [-0.2, -0.15) is 23.7 Å². The second kappa shape index (κ2) is 15.4. The molecule has 0 radical (unpaired) electrons. The molecule has 0 aliphatic rings. The lowest BCUT2D eigenvalue weighted by atomic mass is 9.95. The third-order valence-electron chi connectivity index (χ3n) is 10.3. The molecule has 8 aromatic carbocycles. The van der Waals surface area contributed by atoms with Crippen molar-refractivity contribution in [1.82, 2.24) is 23.7 Å². The van der Waals surface area contributed by atoms with E-state index in [4.69, 9.17) is 18.9 Å². The Morgan fingerprint density at radius 3 is 1.27 bits per heavy atom. The summed E-state index contributed by atoms with van der Waals surface area (Å²) in [5.41, 5.74) is 11.5. The minimum atomic E-state index is -0.662. The molecule has 0 saturated carbocycles. The second-order valence-corrected chi connectivity index (χ2v) is 14.5. The predicted octanol–water partition coefficient (Wildman–Crippen LogP) is 12.9. The summed E-state index contributed by atoms with van der Waals surface area (Å²) in [6.45, 7) is -0.204. The molecule has 0 aliphatic carbocycles. The number of fused-ring (bicyclic) bond motifs is 2. The van der Waals surface area contributed by atoms with E-state index in [0.717, 1.165) is 68.1 Å². The van der Waals surface area contributed by atoms with Gasteiger partial charge in [0.25, 0.3) is 11.7 Å². The molecule has 0 amide bonds. The highest BCUT2D eigenvalue weighted by molar-refractivity contribution is 7.00. The molecule has 0 fully saturated rings. The zero-order valence-corrected chi connectivity index (χ0v) is 32.2. The van der Waals surface area contributed by atoms with E-state index in [2.05, 4.69) is 82.6 Å². The summed E-state index contributed by atoms with van der Waals surface area (Å²) in [5.74, 6) is -1.32. The van der Waals surface area contributed by atoms with Gasteiger partial charge in [-0.15, -0.1) is 0 Å². The van der Waals surface area contributed by atoms with E-state index in [9.17, 15) is 0 Å². The first kappa shape index (κ1) is 35.8. The average Bonchev–Trinajstić information content (AvgIpc) is 3.94. The number of rotatable bonds is 10. The fraction of sp³-hybridized carbons (Fsp3) is 0.0204. The van der Waals surface area contributed by atoms with E-state index >= 15 is 8.78 Å². The Hall–Kier alpha value is -7.56. The Labute approximate surface area is 343 Å². The standard InChI is InChI=1S/C49H33F2N7S/c50-42-22-13-23-43(51)41(42)32-56-52-46-44(33-24-28-39(29-25-33)57(35-14-5-1-6-15-35)36-16-7-2-8-17-36)48-49(55-59-54-48)45(47(46)53-56)34-26-30-40(31-27-34)58(37-18-9-3-10-19-37)38-20-11-4-12-21-38/h1-31H,32H2. The number of aromatic nitrogens is 5. The van der Waals surface area contributed by atoms with E-state index in [-0.39, 0.29) is 12.1 Å². The normalized spacial score (nSPS) is 11.3. The van der Waals surface area contributed by atoms with Crippen molar-refractivity contribution in [2.75, 3.05) is 9.80 Å². The number of halogens is 2. The van der Waals surface area contributed by atoms with Crippen LogP contribution in [0.4, 0.5) is 42.9 Å². The number of benzene rings is 8. The van der Waals surface area contributed by atoms with Crippen molar-refractivity contribution in [2.24, 2.45) is 0 Å². The Morgan fingerprint density at radius 2 is 0.831 bits per heavy atom. The monoisotopic (exact) mass is 789 g/mol. The molecule has 10 heteroatoms. The highest BCUT2D eigenvalue weighted by Gasteiger charge is 2.24. The van der Waals surface area contributed by atoms with Gasteiger partial charge in [-0.3, -0.25) is 0 Å². The van der Waals surface area contributed by atoms with Crippen LogP contribution in [0.5, 0.6) is 0 Å². The van der Waals surface area contributed by atoms with Gasteiger partial charge < -0.3 is 9.80 Å². The van der Waals surface area contributed by atoms with E-state index < -0.39 is 11.6 Å². The van der Waals surface area contributed by atoms with Crippen LogP contribution in [0, 0.1) is 11.6 Å². The predicted molar refractivity (Wildman–Crippen MR) is 234 cm³/mol. The molecule has 59 heavy (non-hydrogen) atoms. The molecular weight excluding hydrogens is 757 g/mol. The van der Waals surface area contributed by atoms with Crippen molar-refractivity contribution in [3.05, 3.63) is 205 Å². The van der Waals surface area contributed by atoms with Gasteiger partial charge in [0.2, 0.25) is 0 Å². The lowest BCUT2D eigenvalue weighted by Crippen LogP contribution is -2.09. The molecular formula is C49H33F2N7S. The molecule has 0 atom stereocenters. The highest BCUT2D eigenvalue weighted by atomic mass is 32.1. The van der Waals surface area contributed by atoms with Gasteiger partial charge >= 0.3 is 0 Å². The highest BCUT2D eigenvalue weighted by Crippen LogP contribution is 2.44. The van der Waals surface area contributed by atoms with Crippen LogP contribution in [-0.2, 0) is 6.54 Å². The summed E-state index contributed by atoms with van der Waals surface area (Å²) in [7, 11) is 0. The van der Waals surface area contributed by atoms with Crippen LogP contribution in [-0.4, -0.2) is 19.4 Å². The Bertz CT molecular complexity index is 2750. The van der Waals surface area contributed by atoms with Crippen LogP contribution in [0.3, 0.4) is 0 Å². The molecule has 2 aromatic heterocycles. The molecule has 2 heterocycles. The van der Waals surface area contributed by atoms with Gasteiger partial charge in [0.1, 0.15) is 22.7 Å². The first-order valence-electron chi connectivity index (χ1n) is 19.1. The SMILES string of the molecule is Fc1cccc(F)c1Cn1nc2c(-c3ccc(N(c4ccccc4)c4ccccc4)cc3)c3n[s+][n-]c3c(-c3ccc(N(c4ccccc4)c4ccccc4)cc3)c2n1. The largest absolute Gasteiger partial charge is 0.311 e. The summed E-state index contributed by atoms with van der Waals surface area (Å²) in [5, 5.41) is 9.90. The number of hydrogen-bond acceptors (Lipinski definition) is 5. The van der Waals surface area contributed by atoms with Gasteiger partial charge in [-0.25, -0.2) is 8.78 Å². The van der Waals surface area contributed by atoms with Crippen LogP contribution in [0.1, 0.15) is 5.56 Å². The average molecular weight is 790 g/mol. The van der Waals surface area contributed by atoms with Crippen molar-refractivity contribution in [1.29, 1.82) is 0 Å². The van der Waals surface area contributed by atoms with Crippen LogP contribution in [0.25, 0.3) is 44.3 Å². The van der Waals surface area contributed by atoms with Gasteiger partial charge in [-0.05, 0) is 96.1 Å². The Morgan fingerprint density at radius 1 is 0.441 bits per heavy atom. The fourth-order valence-electron chi connectivity index (χ4n) is 7.63. The molecule has 10 rings (SSSR count). The molecule has 10 aromatic rings. The minimum Gasteiger partial charge on any atom is -0.311 e. The molecule has 0 spiro atoms. The first-order valence-corrected chi connectivity index (χ1v) is 19.8. The van der Waals surface area contributed by atoms with Crippen LogP contribution >= 0.6 is 11.7 Å². The quantitative estimate of drug-likeness (QED) is 0.129. The van der Waals surface area contributed by atoms with Gasteiger partial charge in [0, 0.05) is 61.8 Å². The summed E-state index contributed by atoms with van der Waals surface area (Å²) >= 11 is 1.12. The maximum absolute atomic E-state index is 15.0. The van der Waals surface area contributed by atoms with Crippen molar-refractivity contribution in [2.45, 2.75) is 6.54 Å². The molecule has 0 unspecified atom stereocenters. The Kier molecular flexibility index (Phi) is 9.36. The molecule has 0 aliphatic heterocycles. The van der Waals surface area contributed by atoms with E-state index in [1.165, 1.54) is 23.0 Å². The van der Waals surface area contributed by atoms with E-state index in [0.29, 0.717) is 22.1 Å². The summed E-state index contributed by atoms with van der Waals surface area (Å²) in [6.07, 6.45) is 0. The van der Waals surface area contributed by atoms with Gasteiger partial charge in [-0.1, -0.05) is 103 Å². The molecule has 0 saturated heterocycles. The zero-order valence-electron chi connectivity index (χ0n) is 31.4. The van der Waals surface area contributed by atoms with Gasteiger partial charge in [0.15, 0.2) is 0 Å². The fourth-order valence-corrected chi connectivity index (χ4v) is 8.18. The summed E-state index contributed by atoms with van der Waals surface area (Å²) in [4.78, 5) is 5.76. The first-order chi connectivity index (χ1) is 29.1. The van der Waals surface area contributed by atoms with Crippen molar-refractivity contribution < 1.29 is 8.78 Å². The van der Waals surface area contributed by atoms with Crippen LogP contribution < -0.4 is 14.2 Å². The smallest absolute Gasteiger partial charge is 0.279 e. The van der Waals surface area contributed by atoms with Crippen LogP contribution in [0.2, 0.25) is 0 Å². The molecule has 0 N–H and O–H groups in total. The lowest BCUT2D eigenvalue weighted by Gasteiger charge is -2.25.